The standard InChI is InChI=1S/C11H15FN2O3/c1-7(6-16-2)17-10-4-3-8(5-9(10)12)11(13)14-15/h3-5,7,15H,6H2,1-2H3,(H2,13,14). The number of nitrogens with two attached hydrogens (primary N) is 1. The molecular weight excluding hydrogens is 227 g/mol. The zero-order valence-electron chi connectivity index (χ0n) is 9.68. The molecule has 1 unspecified atom stereocenters. The quantitative estimate of drug-likeness (QED) is 0.353. The van der Waals surface area contributed by atoms with E-state index >= 15 is 0 Å². The molecule has 94 valence electrons. The molecule has 0 aromatic heterocycles. The molecule has 0 saturated heterocycles. The van der Waals surface area contributed by atoms with Crippen LogP contribution in [0.1, 0.15) is 12.5 Å². The average Bonchev–Trinajstić information content (AvgIpc) is 2.31. The molecule has 0 aliphatic rings. The first-order chi connectivity index (χ1) is 8.08. The van der Waals surface area contributed by atoms with Crippen LogP contribution in [-0.2, 0) is 4.74 Å². The second-order valence-electron chi connectivity index (χ2n) is 3.51. The summed E-state index contributed by atoms with van der Waals surface area (Å²) >= 11 is 0. The summed E-state index contributed by atoms with van der Waals surface area (Å²) in [7, 11) is 1.54. The Labute approximate surface area is 98.6 Å². The van der Waals surface area contributed by atoms with Gasteiger partial charge in [-0.05, 0) is 25.1 Å². The lowest BCUT2D eigenvalue weighted by Crippen LogP contribution is -2.19. The molecule has 0 heterocycles. The lowest BCUT2D eigenvalue weighted by molar-refractivity contribution is 0.0893. The van der Waals surface area contributed by atoms with Crippen molar-refractivity contribution in [2.75, 3.05) is 13.7 Å². The van der Waals surface area contributed by atoms with Crippen molar-refractivity contribution in [3.8, 4) is 5.75 Å². The number of amidine groups is 1. The summed E-state index contributed by atoms with van der Waals surface area (Å²) in [5.74, 6) is -0.624. The van der Waals surface area contributed by atoms with Crippen molar-refractivity contribution in [2.24, 2.45) is 10.9 Å². The van der Waals surface area contributed by atoms with Gasteiger partial charge in [0.15, 0.2) is 17.4 Å². The molecule has 1 rings (SSSR count). The number of oxime groups is 1. The molecule has 3 N–H and O–H groups in total. The van der Waals surface area contributed by atoms with Crippen LogP contribution in [0.3, 0.4) is 0 Å². The zero-order chi connectivity index (χ0) is 12.8. The Morgan fingerprint density at radius 3 is 2.82 bits per heavy atom. The van der Waals surface area contributed by atoms with E-state index in [-0.39, 0.29) is 23.3 Å². The van der Waals surface area contributed by atoms with Crippen molar-refractivity contribution in [1.82, 2.24) is 0 Å². The van der Waals surface area contributed by atoms with E-state index in [9.17, 15) is 4.39 Å². The van der Waals surface area contributed by atoms with Crippen LogP contribution in [0.25, 0.3) is 0 Å². The molecule has 1 aromatic carbocycles. The third kappa shape index (κ3) is 3.60. The highest BCUT2D eigenvalue weighted by Crippen LogP contribution is 2.19. The number of benzene rings is 1. The Kier molecular flexibility index (Phi) is 4.71. The number of halogens is 1. The van der Waals surface area contributed by atoms with Crippen molar-refractivity contribution in [1.29, 1.82) is 0 Å². The first-order valence-electron chi connectivity index (χ1n) is 5.01. The number of ether oxygens (including phenoxy) is 2. The van der Waals surface area contributed by atoms with Gasteiger partial charge in [0.1, 0.15) is 6.10 Å². The topological polar surface area (TPSA) is 77.1 Å². The first kappa shape index (κ1) is 13.2. The molecule has 0 saturated carbocycles. The van der Waals surface area contributed by atoms with Crippen LogP contribution in [-0.4, -0.2) is 30.9 Å². The van der Waals surface area contributed by atoms with Gasteiger partial charge in [0.25, 0.3) is 0 Å². The Bertz CT molecular complexity index is 410. The molecule has 0 spiro atoms. The van der Waals surface area contributed by atoms with Crippen molar-refractivity contribution in [2.45, 2.75) is 13.0 Å². The Morgan fingerprint density at radius 2 is 2.29 bits per heavy atom. The highest BCUT2D eigenvalue weighted by Gasteiger charge is 2.10. The summed E-state index contributed by atoms with van der Waals surface area (Å²) in [5, 5.41) is 11.2. The minimum Gasteiger partial charge on any atom is -0.485 e. The van der Waals surface area contributed by atoms with E-state index < -0.39 is 5.82 Å². The summed E-state index contributed by atoms with van der Waals surface area (Å²) in [5.41, 5.74) is 5.62. The summed E-state index contributed by atoms with van der Waals surface area (Å²) in [6.07, 6.45) is -0.260. The average molecular weight is 242 g/mol. The minimum atomic E-state index is -0.572. The number of hydrogen-bond donors (Lipinski definition) is 2. The highest BCUT2D eigenvalue weighted by atomic mass is 19.1. The van der Waals surface area contributed by atoms with Crippen LogP contribution in [0.4, 0.5) is 4.39 Å². The van der Waals surface area contributed by atoms with Crippen LogP contribution < -0.4 is 10.5 Å². The third-order valence-corrected chi connectivity index (χ3v) is 2.06. The van der Waals surface area contributed by atoms with E-state index in [0.717, 1.165) is 6.07 Å². The van der Waals surface area contributed by atoms with Gasteiger partial charge in [-0.2, -0.15) is 0 Å². The Balaban J connectivity index is 2.83. The van der Waals surface area contributed by atoms with Gasteiger partial charge >= 0.3 is 0 Å². The molecule has 0 amide bonds. The lowest BCUT2D eigenvalue weighted by atomic mass is 10.2. The Hall–Kier alpha value is -1.82. The molecule has 6 heteroatoms. The number of nitrogens with zero attached hydrogens (tertiary/aromatic N) is 1. The molecular formula is C11H15FN2O3. The normalized spacial score (nSPS) is 13.5. The largest absolute Gasteiger partial charge is 0.485 e. The van der Waals surface area contributed by atoms with Crippen molar-refractivity contribution < 1.29 is 19.1 Å². The van der Waals surface area contributed by atoms with Gasteiger partial charge in [-0.15, -0.1) is 0 Å². The van der Waals surface area contributed by atoms with Crippen molar-refractivity contribution >= 4 is 5.84 Å². The molecule has 5 nitrogen and oxygen atoms in total. The zero-order valence-corrected chi connectivity index (χ0v) is 9.68. The van der Waals surface area contributed by atoms with Crippen LogP contribution in [0.5, 0.6) is 5.75 Å². The highest BCUT2D eigenvalue weighted by molar-refractivity contribution is 5.97. The summed E-state index contributed by atoms with van der Waals surface area (Å²) in [6.45, 7) is 2.13. The van der Waals surface area contributed by atoms with E-state index in [4.69, 9.17) is 20.4 Å². The maximum Gasteiger partial charge on any atom is 0.170 e. The molecule has 1 aromatic rings. The molecule has 17 heavy (non-hydrogen) atoms. The summed E-state index contributed by atoms with van der Waals surface area (Å²) in [4.78, 5) is 0. The number of methoxy groups -OCH3 is 1. The van der Waals surface area contributed by atoms with Crippen LogP contribution in [0.2, 0.25) is 0 Å². The van der Waals surface area contributed by atoms with Gasteiger partial charge in [-0.1, -0.05) is 5.16 Å². The van der Waals surface area contributed by atoms with E-state index in [1.165, 1.54) is 19.2 Å². The van der Waals surface area contributed by atoms with E-state index in [1.807, 2.05) is 0 Å². The van der Waals surface area contributed by atoms with Crippen LogP contribution >= 0.6 is 0 Å². The molecule has 0 aliphatic heterocycles. The van der Waals surface area contributed by atoms with E-state index in [2.05, 4.69) is 5.16 Å². The lowest BCUT2D eigenvalue weighted by Gasteiger charge is -2.14. The van der Waals surface area contributed by atoms with Gasteiger partial charge < -0.3 is 20.4 Å². The fourth-order valence-corrected chi connectivity index (χ4v) is 1.30. The molecule has 0 aliphatic carbocycles. The summed E-state index contributed by atoms with van der Waals surface area (Å²) < 4.78 is 23.8. The predicted molar refractivity (Wildman–Crippen MR) is 60.9 cm³/mol. The van der Waals surface area contributed by atoms with Gasteiger partial charge in [0.2, 0.25) is 0 Å². The predicted octanol–water partition coefficient (Wildman–Crippen LogP) is 1.33. The van der Waals surface area contributed by atoms with Gasteiger partial charge in [0, 0.05) is 12.7 Å². The minimum absolute atomic E-state index is 0.101. The molecule has 0 bridgehead atoms. The van der Waals surface area contributed by atoms with E-state index in [0.29, 0.717) is 6.61 Å². The molecule has 0 fully saturated rings. The second-order valence-corrected chi connectivity index (χ2v) is 3.51. The molecule has 1 atom stereocenters. The third-order valence-electron chi connectivity index (χ3n) is 2.06. The second kappa shape index (κ2) is 6.05. The smallest absolute Gasteiger partial charge is 0.170 e. The van der Waals surface area contributed by atoms with Crippen molar-refractivity contribution in [3.05, 3.63) is 29.6 Å². The van der Waals surface area contributed by atoms with Gasteiger partial charge in [-0.25, -0.2) is 4.39 Å². The van der Waals surface area contributed by atoms with Crippen LogP contribution in [0.15, 0.2) is 23.4 Å². The summed E-state index contributed by atoms with van der Waals surface area (Å²) in [6, 6.07) is 4.08. The fraction of sp³-hybridized carbons (Fsp3) is 0.364. The Morgan fingerprint density at radius 1 is 1.59 bits per heavy atom. The fourth-order valence-electron chi connectivity index (χ4n) is 1.30. The molecule has 0 radical (unpaired) electrons. The van der Waals surface area contributed by atoms with Crippen LogP contribution in [0, 0.1) is 5.82 Å². The number of hydrogen-bond acceptors (Lipinski definition) is 4. The first-order valence-corrected chi connectivity index (χ1v) is 5.01. The van der Waals surface area contributed by atoms with Gasteiger partial charge in [0.05, 0.1) is 6.61 Å². The monoisotopic (exact) mass is 242 g/mol. The van der Waals surface area contributed by atoms with Gasteiger partial charge in [-0.3, -0.25) is 0 Å². The van der Waals surface area contributed by atoms with E-state index in [1.54, 1.807) is 6.92 Å². The SMILES string of the molecule is COCC(C)Oc1ccc(C(N)=NO)cc1F. The maximum absolute atomic E-state index is 13.6. The maximum atomic E-state index is 13.6. The van der Waals surface area contributed by atoms with Crippen molar-refractivity contribution in [3.63, 3.8) is 0 Å². The number of rotatable bonds is 5.